The monoisotopic (exact) mass is 340 g/mol. The van der Waals surface area contributed by atoms with Crippen LogP contribution in [0.3, 0.4) is 0 Å². The maximum absolute atomic E-state index is 6.32. The lowest BCUT2D eigenvalue weighted by molar-refractivity contribution is -0.223. The molecule has 2 aromatic carbocycles. The minimum absolute atomic E-state index is 0.00989. The zero-order chi connectivity index (χ0) is 17.6. The van der Waals surface area contributed by atoms with Gasteiger partial charge in [0, 0.05) is 5.92 Å². The van der Waals surface area contributed by atoms with Crippen molar-refractivity contribution in [2.75, 3.05) is 0 Å². The molecule has 0 N–H and O–H groups in total. The van der Waals surface area contributed by atoms with E-state index in [1.54, 1.807) is 0 Å². The Morgan fingerprint density at radius 1 is 0.680 bits per heavy atom. The summed E-state index contributed by atoms with van der Waals surface area (Å²) >= 11 is 0. The Bertz CT molecular complexity index is 628. The van der Waals surface area contributed by atoms with Gasteiger partial charge in [0.25, 0.3) is 0 Å². The fraction of sp³-hybridized carbons (Fsp3) is 0.455. The molecule has 134 valence electrons. The van der Waals surface area contributed by atoms with E-state index >= 15 is 0 Å². The van der Waals surface area contributed by atoms with Gasteiger partial charge in [-0.1, -0.05) is 67.6 Å². The largest absolute Gasteiger partial charge is 0.372 e. The molecule has 0 radical (unpaired) electrons. The van der Waals surface area contributed by atoms with E-state index in [1.165, 1.54) is 11.1 Å². The molecule has 2 unspecified atom stereocenters. The van der Waals surface area contributed by atoms with Gasteiger partial charge in [-0.3, -0.25) is 0 Å². The second-order valence-electron chi connectivity index (χ2n) is 6.93. The number of rotatable bonds is 6. The first-order valence-corrected chi connectivity index (χ1v) is 9.11. The Hall–Kier alpha value is -1.68. The lowest BCUT2D eigenvalue weighted by atomic mass is 9.89. The molecule has 0 aromatic heterocycles. The third-order valence-corrected chi connectivity index (χ3v) is 5.04. The summed E-state index contributed by atoms with van der Waals surface area (Å²) in [5.74, 6) is 0.278. The summed E-state index contributed by atoms with van der Waals surface area (Å²) in [5, 5.41) is 0. The van der Waals surface area contributed by atoms with Crippen LogP contribution in [0.4, 0.5) is 0 Å². The van der Waals surface area contributed by atoms with Crippen LogP contribution in [0.2, 0.25) is 0 Å². The summed E-state index contributed by atoms with van der Waals surface area (Å²) in [6, 6.07) is 20.6. The molecule has 1 aliphatic heterocycles. The first-order valence-electron chi connectivity index (χ1n) is 9.11. The van der Waals surface area contributed by atoms with Crippen LogP contribution in [0.1, 0.15) is 31.9 Å². The number of hydrogen-bond acceptors (Lipinski definition) is 3. The minimum atomic E-state index is -0.0740. The van der Waals surface area contributed by atoms with Crippen molar-refractivity contribution in [2.24, 2.45) is 5.92 Å². The fourth-order valence-electron chi connectivity index (χ4n) is 3.38. The highest BCUT2D eigenvalue weighted by molar-refractivity contribution is 5.14. The third kappa shape index (κ3) is 4.69. The van der Waals surface area contributed by atoms with Gasteiger partial charge in [0.2, 0.25) is 0 Å². The Morgan fingerprint density at radius 2 is 1.16 bits per heavy atom. The summed E-state index contributed by atoms with van der Waals surface area (Å²) < 4.78 is 18.6. The van der Waals surface area contributed by atoms with Crippen LogP contribution < -0.4 is 0 Å². The normalized spacial score (nSPS) is 29.5. The molecule has 1 saturated heterocycles. The van der Waals surface area contributed by atoms with Crippen molar-refractivity contribution in [3.63, 3.8) is 0 Å². The van der Waals surface area contributed by atoms with E-state index in [0.29, 0.717) is 13.2 Å². The molecule has 0 aliphatic carbocycles. The zero-order valence-corrected chi connectivity index (χ0v) is 15.3. The molecule has 3 nitrogen and oxygen atoms in total. The summed E-state index contributed by atoms with van der Waals surface area (Å²) in [4.78, 5) is 0. The first kappa shape index (κ1) is 18.1. The van der Waals surface area contributed by atoms with Crippen LogP contribution in [0.5, 0.6) is 0 Å². The Labute approximate surface area is 150 Å². The van der Waals surface area contributed by atoms with Crippen LogP contribution in [0, 0.1) is 5.92 Å². The Balaban J connectivity index is 1.67. The molecule has 0 saturated carbocycles. The van der Waals surface area contributed by atoms with Gasteiger partial charge in [-0.05, 0) is 25.0 Å². The second kappa shape index (κ2) is 8.61. The van der Waals surface area contributed by atoms with Gasteiger partial charge in [-0.25, -0.2) is 0 Å². The lowest BCUT2D eigenvalue weighted by Crippen LogP contribution is -2.53. The van der Waals surface area contributed by atoms with E-state index in [2.05, 4.69) is 45.0 Å². The van der Waals surface area contributed by atoms with Crippen molar-refractivity contribution >= 4 is 0 Å². The van der Waals surface area contributed by atoms with E-state index in [-0.39, 0.29) is 30.3 Å². The molecule has 3 rings (SSSR count). The molecule has 0 spiro atoms. The maximum Gasteiger partial charge on any atom is 0.110 e. The fourth-order valence-corrected chi connectivity index (χ4v) is 3.38. The highest BCUT2D eigenvalue weighted by atomic mass is 16.6. The van der Waals surface area contributed by atoms with Crippen LogP contribution in [0.15, 0.2) is 60.7 Å². The molecule has 2 aromatic rings. The van der Waals surface area contributed by atoms with Crippen LogP contribution >= 0.6 is 0 Å². The quantitative estimate of drug-likeness (QED) is 0.769. The summed E-state index contributed by atoms with van der Waals surface area (Å²) in [5.41, 5.74) is 2.35. The molecule has 0 amide bonds. The molecular formula is C22H28O3. The van der Waals surface area contributed by atoms with Crippen molar-refractivity contribution in [3.8, 4) is 0 Å². The zero-order valence-electron chi connectivity index (χ0n) is 15.3. The van der Waals surface area contributed by atoms with Crippen molar-refractivity contribution in [2.45, 2.75) is 58.4 Å². The number of ether oxygens (including phenoxy) is 3. The van der Waals surface area contributed by atoms with Gasteiger partial charge in [-0.15, -0.1) is 0 Å². The van der Waals surface area contributed by atoms with Crippen LogP contribution in [-0.4, -0.2) is 24.4 Å². The predicted molar refractivity (Wildman–Crippen MR) is 99.2 cm³/mol. The topological polar surface area (TPSA) is 27.7 Å². The number of hydrogen-bond donors (Lipinski definition) is 0. The van der Waals surface area contributed by atoms with Crippen LogP contribution in [0.25, 0.3) is 0 Å². The third-order valence-electron chi connectivity index (χ3n) is 5.04. The van der Waals surface area contributed by atoms with Gasteiger partial charge in [-0.2, -0.15) is 0 Å². The highest BCUT2D eigenvalue weighted by Gasteiger charge is 2.41. The van der Waals surface area contributed by atoms with Crippen molar-refractivity contribution < 1.29 is 14.2 Å². The van der Waals surface area contributed by atoms with E-state index in [4.69, 9.17) is 14.2 Å². The predicted octanol–water partition coefficient (Wildman–Crippen LogP) is 4.60. The van der Waals surface area contributed by atoms with E-state index in [1.807, 2.05) is 36.4 Å². The van der Waals surface area contributed by atoms with Gasteiger partial charge in [0.1, 0.15) is 6.10 Å². The van der Waals surface area contributed by atoms with Gasteiger partial charge in [0.15, 0.2) is 0 Å². The van der Waals surface area contributed by atoms with Crippen molar-refractivity contribution in [1.29, 1.82) is 0 Å². The summed E-state index contributed by atoms with van der Waals surface area (Å²) in [7, 11) is 0. The highest BCUT2D eigenvalue weighted by Crippen LogP contribution is 2.31. The van der Waals surface area contributed by atoms with Crippen molar-refractivity contribution in [3.05, 3.63) is 71.8 Å². The Morgan fingerprint density at radius 3 is 1.68 bits per heavy atom. The molecule has 1 fully saturated rings. The minimum Gasteiger partial charge on any atom is -0.372 e. The van der Waals surface area contributed by atoms with Gasteiger partial charge >= 0.3 is 0 Å². The van der Waals surface area contributed by atoms with Gasteiger partial charge in [0.05, 0.1) is 31.5 Å². The van der Waals surface area contributed by atoms with E-state index in [0.717, 1.165) is 0 Å². The molecule has 0 bridgehead atoms. The smallest absolute Gasteiger partial charge is 0.110 e. The molecule has 1 aliphatic rings. The standard InChI is InChI=1S/C22H28O3/c1-16-17(2)25-18(3)22(24-15-20-12-8-5-9-13-20)21(16)23-14-19-10-6-4-7-11-19/h4-13,16-18,21-22H,14-15H2,1-3H3/t16-,17+,18?,21?,22+/m1/s1. The van der Waals surface area contributed by atoms with Crippen molar-refractivity contribution in [1.82, 2.24) is 0 Å². The average molecular weight is 340 g/mol. The molecular weight excluding hydrogens is 312 g/mol. The van der Waals surface area contributed by atoms with Gasteiger partial charge < -0.3 is 14.2 Å². The van der Waals surface area contributed by atoms with E-state index < -0.39 is 0 Å². The average Bonchev–Trinajstić information content (AvgIpc) is 2.64. The number of benzene rings is 2. The maximum atomic E-state index is 6.32. The molecule has 5 atom stereocenters. The van der Waals surface area contributed by atoms with Crippen LogP contribution in [-0.2, 0) is 27.4 Å². The molecule has 1 heterocycles. The second-order valence-corrected chi connectivity index (χ2v) is 6.93. The molecule has 3 heteroatoms. The Kier molecular flexibility index (Phi) is 6.24. The summed E-state index contributed by atoms with van der Waals surface area (Å²) in [6.07, 6.45) is 0.112. The molecule has 25 heavy (non-hydrogen) atoms. The van der Waals surface area contributed by atoms with E-state index in [9.17, 15) is 0 Å². The lowest BCUT2D eigenvalue weighted by Gasteiger charge is -2.43. The first-order chi connectivity index (χ1) is 12.1. The SMILES string of the molecule is CC1O[C@@H](C)[C@@H](C)C(OCc2ccccc2)[C@H]1OCc1ccccc1. The summed E-state index contributed by atoms with van der Waals surface area (Å²) in [6.45, 7) is 7.56.